The number of hydrogen-bond donors (Lipinski definition) is 0. The van der Waals surface area contributed by atoms with Crippen molar-refractivity contribution in [3.05, 3.63) is 33.4 Å². The van der Waals surface area contributed by atoms with Crippen molar-refractivity contribution in [3.63, 3.8) is 0 Å². The Labute approximate surface area is 279 Å². The van der Waals surface area contributed by atoms with Gasteiger partial charge in [0, 0.05) is 36.8 Å². The Balaban J connectivity index is 2.62. The fourth-order valence-corrected chi connectivity index (χ4v) is 8.84. The first-order valence-electron chi connectivity index (χ1n) is 15.4. The number of rotatable bonds is 16. The lowest BCUT2D eigenvalue weighted by Crippen LogP contribution is -2.13. The van der Waals surface area contributed by atoms with Crippen molar-refractivity contribution in [2.24, 2.45) is 0 Å². The van der Waals surface area contributed by atoms with E-state index in [1.54, 1.807) is 0 Å². The van der Waals surface area contributed by atoms with Crippen molar-refractivity contribution in [2.45, 2.75) is 130 Å². The molecule has 0 unspecified atom stereocenters. The van der Waals surface area contributed by atoms with E-state index in [1.807, 2.05) is 69.2 Å². The average molecular weight is 679 g/mol. The van der Waals surface area contributed by atoms with Crippen molar-refractivity contribution in [1.82, 2.24) is 0 Å². The monoisotopic (exact) mass is 678 g/mol. The van der Waals surface area contributed by atoms with E-state index in [0.29, 0.717) is 80.7 Å². The third kappa shape index (κ3) is 10.2. The molecule has 45 heavy (non-hydrogen) atoms. The smallest absolute Gasteiger partial charge is 0.311 e. The second-order valence-corrected chi connectivity index (χ2v) is 14.8. The zero-order valence-corrected chi connectivity index (χ0v) is 30.6. The van der Waals surface area contributed by atoms with E-state index in [9.17, 15) is 19.2 Å². The van der Waals surface area contributed by atoms with Crippen LogP contribution < -0.4 is 18.9 Å². The molecule has 0 radical (unpaired) electrons. The van der Waals surface area contributed by atoms with Gasteiger partial charge in [0.15, 0.2) is 0 Å². The molecule has 0 fully saturated rings. The summed E-state index contributed by atoms with van der Waals surface area (Å²) in [5.41, 5.74) is 4.23. The van der Waals surface area contributed by atoms with Gasteiger partial charge in [0.1, 0.15) is 23.0 Å². The molecule has 2 aromatic carbocycles. The third-order valence-corrected chi connectivity index (χ3v) is 11.3. The molecule has 8 nitrogen and oxygen atoms in total. The lowest BCUT2D eigenvalue weighted by Gasteiger charge is -2.22. The van der Waals surface area contributed by atoms with Gasteiger partial charge < -0.3 is 18.9 Å². The minimum Gasteiger partial charge on any atom is -0.426 e. The van der Waals surface area contributed by atoms with Gasteiger partial charge in [-0.2, -0.15) is 0 Å². The molecule has 0 aliphatic carbocycles. The fourth-order valence-electron chi connectivity index (χ4n) is 4.44. The third-order valence-electron chi connectivity index (χ3n) is 7.18. The molecule has 0 heterocycles. The predicted octanol–water partition coefficient (Wildman–Crippen LogP) is 9.81. The molecule has 0 spiro atoms. The Morgan fingerprint density at radius 3 is 0.933 bits per heavy atom. The highest BCUT2D eigenvalue weighted by Gasteiger charge is 2.27. The summed E-state index contributed by atoms with van der Waals surface area (Å²) in [6.07, 6.45) is 3.72. The lowest BCUT2D eigenvalue weighted by atomic mass is 10.0. The standard InChI is InChI=1S/C34H46O8S3/c1-11-15-25(35)39-29-19(5)21(7)31(41-27(37)17-13-3)33(23(29)9)43-45-44-34-24(10)30(40-26(36)16-12-2)20(6)22(8)32(34)42-28(38)18-14-4/h11-18H2,1-10H3. The lowest BCUT2D eigenvalue weighted by molar-refractivity contribution is -0.135. The zero-order valence-electron chi connectivity index (χ0n) is 28.1. The van der Waals surface area contributed by atoms with E-state index in [4.69, 9.17) is 18.9 Å². The van der Waals surface area contributed by atoms with Gasteiger partial charge in [-0.1, -0.05) is 27.7 Å². The Hall–Kier alpha value is -2.63. The first kappa shape index (κ1) is 38.6. The van der Waals surface area contributed by atoms with Crippen LogP contribution in [0.2, 0.25) is 0 Å². The molecule has 0 saturated heterocycles. The van der Waals surface area contributed by atoms with Crippen LogP contribution in [0, 0.1) is 41.5 Å². The molecule has 0 aliphatic heterocycles. The van der Waals surface area contributed by atoms with Crippen LogP contribution in [0.1, 0.15) is 112 Å². The summed E-state index contributed by atoms with van der Waals surface area (Å²) in [6.45, 7) is 18.7. The van der Waals surface area contributed by atoms with Crippen molar-refractivity contribution >= 4 is 55.3 Å². The van der Waals surface area contributed by atoms with Crippen LogP contribution in [0.4, 0.5) is 0 Å². The van der Waals surface area contributed by atoms with E-state index < -0.39 is 0 Å². The molecule has 11 heteroatoms. The highest BCUT2D eigenvalue weighted by atomic mass is 33.5. The van der Waals surface area contributed by atoms with Crippen LogP contribution in [0.3, 0.4) is 0 Å². The van der Waals surface area contributed by atoms with Crippen LogP contribution in [0.15, 0.2) is 9.79 Å². The highest BCUT2D eigenvalue weighted by molar-refractivity contribution is 9.09. The molecule has 0 N–H and O–H groups in total. The zero-order chi connectivity index (χ0) is 33.8. The van der Waals surface area contributed by atoms with Gasteiger partial charge in [0.05, 0.1) is 9.79 Å². The molecular formula is C34H46O8S3. The van der Waals surface area contributed by atoms with Gasteiger partial charge in [0.2, 0.25) is 0 Å². The second-order valence-electron chi connectivity index (χ2n) is 10.9. The van der Waals surface area contributed by atoms with E-state index in [2.05, 4.69) is 0 Å². The summed E-state index contributed by atoms with van der Waals surface area (Å²) in [5, 5.41) is 0. The largest absolute Gasteiger partial charge is 0.426 e. The quantitative estimate of drug-likeness (QED) is 0.0962. The number of carbonyl (C=O) groups is 4. The minimum absolute atomic E-state index is 0.268. The van der Waals surface area contributed by atoms with Crippen molar-refractivity contribution in [2.75, 3.05) is 0 Å². The second kappa shape index (κ2) is 18.5. The summed E-state index contributed by atoms with van der Waals surface area (Å²) in [7, 11) is 4.08. The number of hydrogen-bond acceptors (Lipinski definition) is 11. The maximum atomic E-state index is 12.7. The Bertz CT molecular complexity index is 1310. The molecule has 0 saturated carbocycles. The molecule has 0 aliphatic rings. The minimum atomic E-state index is -0.344. The van der Waals surface area contributed by atoms with Gasteiger partial charge in [-0.25, -0.2) is 0 Å². The average Bonchev–Trinajstić information content (AvgIpc) is 2.98. The summed E-state index contributed by atoms with van der Waals surface area (Å²) in [4.78, 5) is 51.6. The molecule has 0 amide bonds. The van der Waals surface area contributed by atoms with E-state index in [0.717, 1.165) is 11.1 Å². The van der Waals surface area contributed by atoms with Crippen LogP contribution in [-0.4, -0.2) is 23.9 Å². The Morgan fingerprint density at radius 2 is 0.667 bits per heavy atom. The van der Waals surface area contributed by atoms with Crippen LogP contribution in [-0.2, 0) is 19.2 Å². The number of ether oxygens (including phenoxy) is 4. The summed E-state index contributed by atoms with van der Waals surface area (Å²) < 4.78 is 23.4. The van der Waals surface area contributed by atoms with Crippen molar-refractivity contribution in [1.29, 1.82) is 0 Å². The predicted molar refractivity (Wildman–Crippen MR) is 183 cm³/mol. The van der Waals surface area contributed by atoms with Gasteiger partial charge in [0.25, 0.3) is 0 Å². The number of esters is 4. The first-order chi connectivity index (χ1) is 21.3. The number of carbonyl (C=O) groups excluding carboxylic acids is 4. The summed E-state index contributed by atoms with van der Waals surface area (Å²) in [5.74, 6) is 0.422. The SMILES string of the molecule is CCCC(=O)Oc1c(C)c(C)c(OC(=O)CCC)c(SSSc2c(C)c(OC(=O)CCC)c(C)c(C)c2OC(=O)CCC)c1C. The van der Waals surface area contributed by atoms with E-state index >= 15 is 0 Å². The fraction of sp³-hybridized carbons (Fsp3) is 0.529. The van der Waals surface area contributed by atoms with Gasteiger partial charge >= 0.3 is 23.9 Å². The Kier molecular flexibility index (Phi) is 15.8. The summed E-state index contributed by atoms with van der Waals surface area (Å²) in [6, 6.07) is 0. The molecule has 0 atom stereocenters. The van der Waals surface area contributed by atoms with E-state index in [-0.39, 0.29) is 49.6 Å². The van der Waals surface area contributed by atoms with Gasteiger partial charge in [-0.05, 0) is 121 Å². The molecule has 0 bridgehead atoms. The van der Waals surface area contributed by atoms with Crippen LogP contribution >= 0.6 is 31.4 Å². The van der Waals surface area contributed by atoms with Gasteiger partial charge in [-0.15, -0.1) is 0 Å². The van der Waals surface area contributed by atoms with Crippen molar-refractivity contribution in [3.8, 4) is 23.0 Å². The molecule has 2 rings (SSSR count). The van der Waals surface area contributed by atoms with Crippen LogP contribution in [0.5, 0.6) is 23.0 Å². The van der Waals surface area contributed by atoms with E-state index in [1.165, 1.54) is 31.4 Å². The molecule has 0 aromatic heterocycles. The molecular weight excluding hydrogens is 633 g/mol. The maximum absolute atomic E-state index is 12.7. The molecule has 2 aromatic rings. The number of benzene rings is 2. The summed E-state index contributed by atoms with van der Waals surface area (Å²) >= 11 is 0. The van der Waals surface area contributed by atoms with Crippen LogP contribution in [0.25, 0.3) is 0 Å². The first-order valence-corrected chi connectivity index (χ1v) is 18.9. The topological polar surface area (TPSA) is 105 Å². The maximum Gasteiger partial charge on any atom is 0.311 e. The Morgan fingerprint density at radius 1 is 0.422 bits per heavy atom. The highest BCUT2D eigenvalue weighted by Crippen LogP contribution is 2.55. The van der Waals surface area contributed by atoms with Crippen molar-refractivity contribution < 1.29 is 38.1 Å². The van der Waals surface area contributed by atoms with Gasteiger partial charge in [-0.3, -0.25) is 19.2 Å². The molecule has 248 valence electrons. The normalized spacial score (nSPS) is 10.9.